The van der Waals surface area contributed by atoms with Crippen molar-refractivity contribution in [2.24, 2.45) is 0 Å². The highest BCUT2D eigenvalue weighted by Crippen LogP contribution is 2.35. The van der Waals surface area contributed by atoms with E-state index in [4.69, 9.17) is 10.5 Å². The number of ether oxygens (including phenoxy) is 1. The van der Waals surface area contributed by atoms with Crippen LogP contribution in [0.3, 0.4) is 0 Å². The number of pyridine rings is 1. The average Bonchev–Trinajstić information content (AvgIpc) is 3.19. The molecule has 27 heavy (non-hydrogen) atoms. The maximum absolute atomic E-state index is 5.91. The molecule has 1 aliphatic heterocycles. The predicted molar refractivity (Wildman–Crippen MR) is 106 cm³/mol. The van der Waals surface area contributed by atoms with Gasteiger partial charge in [-0.15, -0.1) is 0 Å². The molecule has 0 unspecified atom stereocenters. The largest absolute Gasteiger partial charge is 0.492 e. The minimum Gasteiger partial charge on any atom is -0.492 e. The van der Waals surface area contributed by atoms with Crippen LogP contribution >= 0.6 is 0 Å². The maximum atomic E-state index is 5.91. The highest BCUT2D eigenvalue weighted by molar-refractivity contribution is 5.67. The second-order valence-corrected chi connectivity index (χ2v) is 6.88. The van der Waals surface area contributed by atoms with Gasteiger partial charge in [-0.25, -0.2) is 4.98 Å². The molecule has 1 aromatic carbocycles. The second kappa shape index (κ2) is 8.22. The van der Waals surface area contributed by atoms with Crippen molar-refractivity contribution in [3.63, 3.8) is 0 Å². The summed E-state index contributed by atoms with van der Waals surface area (Å²) in [6.07, 6.45) is 7.18. The van der Waals surface area contributed by atoms with Gasteiger partial charge in [-0.3, -0.25) is 10.00 Å². The Kier molecular flexibility index (Phi) is 5.34. The van der Waals surface area contributed by atoms with Gasteiger partial charge >= 0.3 is 0 Å². The fourth-order valence-electron chi connectivity index (χ4n) is 3.78. The van der Waals surface area contributed by atoms with Gasteiger partial charge in [0, 0.05) is 18.3 Å². The van der Waals surface area contributed by atoms with Gasteiger partial charge in [0.1, 0.15) is 18.2 Å². The van der Waals surface area contributed by atoms with Crippen LogP contribution in [0.5, 0.6) is 5.75 Å². The van der Waals surface area contributed by atoms with Gasteiger partial charge in [0.05, 0.1) is 17.9 Å². The number of rotatable bonds is 6. The van der Waals surface area contributed by atoms with E-state index < -0.39 is 0 Å². The van der Waals surface area contributed by atoms with Crippen molar-refractivity contribution in [3.05, 3.63) is 60.6 Å². The van der Waals surface area contributed by atoms with Crippen LogP contribution in [0.2, 0.25) is 0 Å². The van der Waals surface area contributed by atoms with Gasteiger partial charge in [0.25, 0.3) is 0 Å². The Morgan fingerprint density at radius 1 is 1.19 bits per heavy atom. The van der Waals surface area contributed by atoms with Crippen molar-refractivity contribution >= 4 is 5.82 Å². The van der Waals surface area contributed by atoms with Crippen LogP contribution in [0.1, 0.15) is 31.0 Å². The number of nitrogens with two attached hydrogens (primary N) is 1. The molecule has 0 amide bonds. The van der Waals surface area contributed by atoms with E-state index in [0.717, 1.165) is 42.1 Å². The molecule has 6 heteroatoms. The molecule has 1 saturated heterocycles. The lowest BCUT2D eigenvalue weighted by Crippen LogP contribution is -2.36. The number of aromatic nitrogens is 3. The smallest absolute Gasteiger partial charge is 0.123 e. The van der Waals surface area contributed by atoms with E-state index in [1.807, 2.05) is 48.7 Å². The third-order valence-electron chi connectivity index (χ3n) is 5.10. The summed E-state index contributed by atoms with van der Waals surface area (Å²) >= 11 is 0. The van der Waals surface area contributed by atoms with E-state index in [9.17, 15) is 0 Å². The first-order valence-corrected chi connectivity index (χ1v) is 9.48. The molecule has 1 atom stereocenters. The molecule has 140 valence electrons. The third-order valence-corrected chi connectivity index (χ3v) is 5.10. The predicted octanol–water partition coefficient (Wildman–Crippen LogP) is 3.66. The molecule has 3 N–H and O–H groups in total. The molecular formula is C21H25N5O. The van der Waals surface area contributed by atoms with Gasteiger partial charge in [-0.05, 0) is 49.2 Å². The van der Waals surface area contributed by atoms with Crippen molar-refractivity contribution in [3.8, 4) is 16.9 Å². The van der Waals surface area contributed by atoms with Crippen LogP contribution in [-0.2, 0) is 0 Å². The summed E-state index contributed by atoms with van der Waals surface area (Å²) in [5, 5.41) is 7.56. The van der Waals surface area contributed by atoms with Crippen molar-refractivity contribution in [2.45, 2.75) is 25.3 Å². The standard InChI is InChI=1S/C21H25N5O/c22-20-14-16(9-10-23-20)18-15-24-25-21(18)19-8-4-5-11-26(19)12-13-27-17-6-2-1-3-7-17/h1-3,6-7,9-10,14-15,19H,4-5,8,11-13H2,(H2,22,23)(H,24,25)/t19-/m1/s1. The number of nitrogens with zero attached hydrogens (tertiary/aromatic N) is 3. The monoisotopic (exact) mass is 363 g/mol. The van der Waals surface area contributed by atoms with Gasteiger partial charge in [0.15, 0.2) is 0 Å². The zero-order valence-corrected chi connectivity index (χ0v) is 15.3. The molecule has 1 fully saturated rings. The van der Waals surface area contributed by atoms with Crippen molar-refractivity contribution in [1.29, 1.82) is 0 Å². The summed E-state index contributed by atoms with van der Waals surface area (Å²) in [5.41, 5.74) is 9.18. The van der Waals surface area contributed by atoms with Crippen LogP contribution in [0, 0.1) is 0 Å². The van der Waals surface area contributed by atoms with Gasteiger partial charge < -0.3 is 10.5 Å². The van der Waals surface area contributed by atoms with Crippen LogP contribution in [-0.4, -0.2) is 39.8 Å². The van der Waals surface area contributed by atoms with E-state index in [2.05, 4.69) is 20.1 Å². The van der Waals surface area contributed by atoms with E-state index in [0.29, 0.717) is 18.5 Å². The minimum absolute atomic E-state index is 0.310. The Morgan fingerprint density at radius 3 is 2.93 bits per heavy atom. The SMILES string of the molecule is Nc1cc(-c2cn[nH]c2[C@H]2CCCCN2CCOc2ccccc2)ccn1. The Morgan fingerprint density at radius 2 is 2.07 bits per heavy atom. The summed E-state index contributed by atoms with van der Waals surface area (Å²) in [6, 6.07) is 14.2. The molecule has 4 rings (SSSR count). The number of hydrogen-bond donors (Lipinski definition) is 2. The average molecular weight is 363 g/mol. The Bertz CT molecular complexity index is 864. The Balaban J connectivity index is 1.49. The third kappa shape index (κ3) is 4.11. The quantitative estimate of drug-likeness (QED) is 0.699. The number of para-hydroxylation sites is 1. The molecule has 1 aliphatic rings. The highest BCUT2D eigenvalue weighted by atomic mass is 16.5. The number of nitrogens with one attached hydrogen (secondary N) is 1. The van der Waals surface area contributed by atoms with Crippen LogP contribution < -0.4 is 10.5 Å². The number of piperidine rings is 1. The lowest BCUT2D eigenvalue weighted by atomic mass is 9.95. The fourth-order valence-corrected chi connectivity index (χ4v) is 3.78. The zero-order chi connectivity index (χ0) is 18.5. The minimum atomic E-state index is 0.310. The van der Waals surface area contributed by atoms with Crippen molar-refractivity contribution in [1.82, 2.24) is 20.1 Å². The second-order valence-electron chi connectivity index (χ2n) is 6.88. The van der Waals surface area contributed by atoms with Gasteiger partial charge in [0.2, 0.25) is 0 Å². The van der Waals surface area contributed by atoms with Crippen LogP contribution in [0.4, 0.5) is 5.82 Å². The van der Waals surface area contributed by atoms with Gasteiger partial charge in [-0.1, -0.05) is 24.6 Å². The summed E-state index contributed by atoms with van der Waals surface area (Å²) in [6.45, 7) is 2.63. The summed E-state index contributed by atoms with van der Waals surface area (Å²) < 4.78 is 5.91. The number of likely N-dealkylation sites (tertiary alicyclic amines) is 1. The van der Waals surface area contributed by atoms with Crippen molar-refractivity contribution in [2.75, 3.05) is 25.4 Å². The molecule has 0 radical (unpaired) electrons. The van der Waals surface area contributed by atoms with E-state index in [-0.39, 0.29) is 0 Å². The van der Waals surface area contributed by atoms with Crippen molar-refractivity contribution < 1.29 is 4.74 Å². The molecular weight excluding hydrogens is 338 g/mol. The Labute approximate surface area is 159 Å². The fraction of sp³-hybridized carbons (Fsp3) is 0.333. The zero-order valence-electron chi connectivity index (χ0n) is 15.3. The van der Waals surface area contributed by atoms with E-state index >= 15 is 0 Å². The first-order valence-electron chi connectivity index (χ1n) is 9.48. The molecule has 0 aliphatic carbocycles. The normalized spacial score (nSPS) is 17.7. The number of hydrogen-bond acceptors (Lipinski definition) is 5. The molecule has 0 spiro atoms. The lowest BCUT2D eigenvalue weighted by molar-refractivity contribution is 0.121. The number of aromatic amines is 1. The highest BCUT2D eigenvalue weighted by Gasteiger charge is 2.27. The molecule has 3 aromatic rings. The molecule has 0 bridgehead atoms. The number of nitrogen functional groups attached to an aromatic ring is 1. The number of anilines is 1. The summed E-state index contributed by atoms with van der Waals surface area (Å²) in [4.78, 5) is 6.59. The van der Waals surface area contributed by atoms with Crippen LogP contribution in [0.15, 0.2) is 54.9 Å². The molecule has 2 aromatic heterocycles. The topological polar surface area (TPSA) is 80.1 Å². The molecule has 0 saturated carbocycles. The first kappa shape index (κ1) is 17.5. The van der Waals surface area contributed by atoms with E-state index in [1.165, 1.54) is 12.8 Å². The molecule has 6 nitrogen and oxygen atoms in total. The van der Waals surface area contributed by atoms with Crippen LogP contribution in [0.25, 0.3) is 11.1 Å². The van der Waals surface area contributed by atoms with Gasteiger partial charge in [-0.2, -0.15) is 5.10 Å². The lowest BCUT2D eigenvalue weighted by Gasteiger charge is -2.35. The first-order chi connectivity index (χ1) is 13.3. The Hall–Kier alpha value is -2.86. The summed E-state index contributed by atoms with van der Waals surface area (Å²) in [7, 11) is 0. The number of H-pyrrole nitrogens is 1. The number of benzene rings is 1. The molecule has 3 heterocycles. The summed E-state index contributed by atoms with van der Waals surface area (Å²) in [5.74, 6) is 1.44. The van der Waals surface area contributed by atoms with E-state index in [1.54, 1.807) is 6.20 Å². The maximum Gasteiger partial charge on any atom is 0.123 e.